The van der Waals surface area contributed by atoms with Crippen LogP contribution in [0.15, 0.2) is 42.5 Å². The lowest BCUT2D eigenvalue weighted by molar-refractivity contribution is 0.116. The molecule has 1 aliphatic heterocycles. The molecular weight excluding hydrogens is 352 g/mol. The minimum absolute atomic E-state index is 0.0223. The lowest BCUT2D eigenvalue weighted by Crippen LogP contribution is -2.28. The number of aliphatic hydroxyl groups is 1. The van der Waals surface area contributed by atoms with Crippen molar-refractivity contribution < 1.29 is 23.7 Å². The van der Waals surface area contributed by atoms with Crippen LogP contribution in [0.1, 0.15) is 24.5 Å². The Morgan fingerprint density at radius 3 is 2.30 bits per heavy atom. The number of ether oxygens (including phenoxy) is 1. The van der Waals surface area contributed by atoms with Gasteiger partial charge < -0.3 is 14.9 Å². The Balaban J connectivity index is 1.29. The van der Waals surface area contributed by atoms with Crippen LogP contribution in [0.4, 0.5) is 8.78 Å². The van der Waals surface area contributed by atoms with Gasteiger partial charge in [-0.15, -0.1) is 0 Å². The predicted octanol–water partition coefficient (Wildman–Crippen LogP) is 3.49. The van der Waals surface area contributed by atoms with Crippen LogP contribution >= 0.6 is 0 Å². The van der Waals surface area contributed by atoms with Crippen LogP contribution in [0.25, 0.3) is 0 Å². The molecule has 0 amide bonds. The van der Waals surface area contributed by atoms with E-state index in [1.54, 1.807) is 24.3 Å². The highest BCUT2D eigenvalue weighted by Gasteiger charge is 2.42. The van der Waals surface area contributed by atoms with Gasteiger partial charge in [0.15, 0.2) is 11.6 Å². The molecule has 0 spiro atoms. The molecule has 2 aliphatic rings. The van der Waals surface area contributed by atoms with Gasteiger partial charge in [0.2, 0.25) is 0 Å². The molecule has 1 heterocycles. The summed E-state index contributed by atoms with van der Waals surface area (Å²) < 4.78 is 32.2. The molecule has 1 aliphatic carbocycles. The van der Waals surface area contributed by atoms with E-state index in [9.17, 15) is 19.0 Å². The summed E-state index contributed by atoms with van der Waals surface area (Å²) >= 11 is 0. The average molecular weight is 375 g/mol. The highest BCUT2D eigenvalue weighted by molar-refractivity contribution is 5.27. The van der Waals surface area contributed by atoms with Crippen molar-refractivity contribution in [3.8, 4) is 11.5 Å². The van der Waals surface area contributed by atoms with Gasteiger partial charge in [-0.3, -0.25) is 4.90 Å². The van der Waals surface area contributed by atoms with E-state index in [-0.39, 0.29) is 11.9 Å². The zero-order valence-electron chi connectivity index (χ0n) is 14.9. The summed E-state index contributed by atoms with van der Waals surface area (Å²) in [6.07, 6.45) is 1.21. The largest absolute Gasteiger partial charge is 0.508 e. The normalized spacial score (nSPS) is 26.1. The van der Waals surface area contributed by atoms with Crippen molar-refractivity contribution in [2.24, 2.45) is 11.8 Å². The van der Waals surface area contributed by atoms with E-state index >= 15 is 0 Å². The fraction of sp³-hybridized carbons (Fsp3) is 0.429. The molecule has 2 aromatic rings. The van der Waals surface area contributed by atoms with Crippen LogP contribution < -0.4 is 4.74 Å². The van der Waals surface area contributed by atoms with E-state index in [0.29, 0.717) is 24.1 Å². The first-order chi connectivity index (χ1) is 13.0. The van der Waals surface area contributed by atoms with E-state index in [4.69, 9.17) is 4.74 Å². The first-order valence-corrected chi connectivity index (χ1v) is 9.29. The van der Waals surface area contributed by atoms with Crippen LogP contribution in [-0.4, -0.2) is 40.9 Å². The van der Waals surface area contributed by atoms with Crippen LogP contribution in [0, 0.1) is 23.5 Å². The van der Waals surface area contributed by atoms with E-state index < -0.39 is 17.7 Å². The van der Waals surface area contributed by atoms with E-state index in [2.05, 4.69) is 4.90 Å². The van der Waals surface area contributed by atoms with Gasteiger partial charge in [-0.05, 0) is 54.5 Å². The molecule has 4 atom stereocenters. The number of hydrogen-bond acceptors (Lipinski definition) is 4. The van der Waals surface area contributed by atoms with Crippen LogP contribution in [0.2, 0.25) is 0 Å². The number of hydrogen-bond donors (Lipinski definition) is 2. The number of β-amino-alcohol motifs (C(OH)–C–C–N with tert-alkyl or cyclic N) is 1. The summed E-state index contributed by atoms with van der Waals surface area (Å²) in [5, 5.41) is 19.8. The third-order valence-corrected chi connectivity index (χ3v) is 5.69. The molecule has 1 saturated heterocycles. The summed E-state index contributed by atoms with van der Waals surface area (Å²) in [4.78, 5) is 2.26. The van der Waals surface area contributed by atoms with Gasteiger partial charge in [0.25, 0.3) is 0 Å². The number of nitrogens with zero attached hydrogens (tertiary/aromatic N) is 1. The number of aliphatic hydroxyl groups excluding tert-OH is 1. The maximum atomic E-state index is 13.3. The average Bonchev–Trinajstić information content (AvgIpc) is 3.16. The number of phenols is 1. The van der Waals surface area contributed by atoms with Gasteiger partial charge in [-0.2, -0.15) is 0 Å². The summed E-state index contributed by atoms with van der Waals surface area (Å²) in [7, 11) is 0. The monoisotopic (exact) mass is 375 g/mol. The van der Waals surface area contributed by atoms with Crippen molar-refractivity contribution in [3.63, 3.8) is 0 Å². The Morgan fingerprint density at radius 1 is 1.00 bits per heavy atom. The fourth-order valence-electron chi connectivity index (χ4n) is 4.38. The van der Waals surface area contributed by atoms with Crippen molar-refractivity contribution in [3.05, 3.63) is 59.7 Å². The number of aromatic hydroxyl groups is 1. The molecule has 2 aromatic carbocycles. The molecule has 27 heavy (non-hydrogen) atoms. The van der Waals surface area contributed by atoms with Crippen molar-refractivity contribution in [1.82, 2.24) is 4.90 Å². The van der Waals surface area contributed by atoms with Crippen molar-refractivity contribution in [2.45, 2.75) is 25.0 Å². The lowest BCUT2D eigenvalue weighted by Gasteiger charge is -2.22. The Kier molecular flexibility index (Phi) is 5.02. The summed E-state index contributed by atoms with van der Waals surface area (Å²) in [5.41, 5.74) is 0.796. The maximum Gasteiger partial charge on any atom is 0.162 e. The van der Waals surface area contributed by atoms with Crippen molar-refractivity contribution >= 4 is 0 Å². The van der Waals surface area contributed by atoms with Gasteiger partial charge in [0, 0.05) is 25.7 Å². The maximum absolute atomic E-state index is 13.3. The van der Waals surface area contributed by atoms with Crippen LogP contribution in [0.5, 0.6) is 11.5 Å². The molecule has 0 aromatic heterocycles. The highest BCUT2D eigenvalue weighted by Crippen LogP contribution is 2.40. The molecule has 2 N–H and O–H groups in total. The number of fused-ring (bicyclic) bond motifs is 1. The summed E-state index contributed by atoms with van der Waals surface area (Å²) in [5.74, 6) is -0.208. The Morgan fingerprint density at radius 2 is 1.67 bits per heavy atom. The highest BCUT2D eigenvalue weighted by atomic mass is 19.2. The number of rotatable bonds is 5. The molecular formula is C21H23F2NO3. The van der Waals surface area contributed by atoms with Gasteiger partial charge in [0.1, 0.15) is 11.5 Å². The molecule has 0 radical (unpaired) electrons. The topological polar surface area (TPSA) is 52.9 Å². The van der Waals surface area contributed by atoms with E-state index in [1.165, 1.54) is 6.07 Å². The third kappa shape index (κ3) is 4.06. The summed E-state index contributed by atoms with van der Waals surface area (Å²) in [6, 6.07) is 10.3. The molecule has 144 valence electrons. The fourth-order valence-corrected chi connectivity index (χ4v) is 4.38. The molecule has 6 heteroatoms. The van der Waals surface area contributed by atoms with Gasteiger partial charge >= 0.3 is 0 Å². The van der Waals surface area contributed by atoms with Gasteiger partial charge in [0.05, 0.1) is 12.2 Å². The molecule has 0 bridgehead atoms. The van der Waals surface area contributed by atoms with Crippen LogP contribution in [0.3, 0.4) is 0 Å². The second-order valence-electron chi connectivity index (χ2n) is 7.63. The number of halogens is 2. The molecule has 1 saturated carbocycles. The van der Waals surface area contributed by atoms with Crippen molar-refractivity contribution in [1.29, 1.82) is 0 Å². The zero-order valence-corrected chi connectivity index (χ0v) is 14.9. The number of likely N-dealkylation sites (tertiary alicyclic amines) is 1. The lowest BCUT2D eigenvalue weighted by atomic mass is 10.0. The first-order valence-electron chi connectivity index (χ1n) is 9.29. The molecule has 1 unspecified atom stereocenters. The molecule has 2 fully saturated rings. The first kappa shape index (κ1) is 18.2. The summed E-state index contributed by atoms with van der Waals surface area (Å²) in [6.45, 7) is 2.36. The predicted molar refractivity (Wildman–Crippen MR) is 96.5 cm³/mol. The van der Waals surface area contributed by atoms with Crippen molar-refractivity contribution in [2.75, 3.05) is 19.6 Å². The second kappa shape index (κ2) is 7.44. The Hall–Kier alpha value is -2.18. The number of benzene rings is 2. The Labute approximate surface area is 157 Å². The van der Waals surface area contributed by atoms with Crippen LogP contribution in [-0.2, 0) is 0 Å². The standard InChI is InChI=1S/C21H23F2NO3/c22-19-6-5-17(9-20(19)23)27-18-7-14-10-24(11-15(14)8-18)12-21(26)13-1-3-16(25)4-2-13/h1-6,9,14-15,18,21,25-26H,7-8,10-12H2/t14-,15+,18-,21?. The minimum atomic E-state index is -0.889. The molecule has 4 rings (SSSR count). The Bertz CT molecular complexity index is 785. The molecule has 4 nitrogen and oxygen atoms in total. The van der Waals surface area contributed by atoms with Gasteiger partial charge in [-0.1, -0.05) is 12.1 Å². The van der Waals surface area contributed by atoms with E-state index in [0.717, 1.165) is 43.6 Å². The second-order valence-corrected chi connectivity index (χ2v) is 7.63. The smallest absolute Gasteiger partial charge is 0.162 e. The number of phenolic OH excluding ortho intramolecular Hbond substituents is 1. The van der Waals surface area contributed by atoms with Gasteiger partial charge in [-0.25, -0.2) is 8.78 Å². The minimum Gasteiger partial charge on any atom is -0.508 e. The van der Waals surface area contributed by atoms with E-state index in [1.807, 2.05) is 0 Å². The SMILES string of the molecule is Oc1ccc(C(O)CN2C[C@H]3C[C@@H](Oc4ccc(F)c(F)c4)C[C@H]3C2)cc1. The third-order valence-electron chi connectivity index (χ3n) is 5.69. The zero-order chi connectivity index (χ0) is 19.0. The quantitative estimate of drug-likeness (QED) is 0.840.